The molecule has 66 valence electrons. The minimum atomic E-state index is -0.322. The van der Waals surface area contributed by atoms with Crippen LogP contribution in [-0.4, -0.2) is 24.0 Å². The van der Waals surface area contributed by atoms with Gasteiger partial charge in [0.15, 0.2) is 5.82 Å². The van der Waals surface area contributed by atoms with E-state index in [0.717, 1.165) is 12.2 Å². The van der Waals surface area contributed by atoms with Gasteiger partial charge in [0.1, 0.15) is 4.60 Å². The van der Waals surface area contributed by atoms with Crippen LogP contribution in [0, 0.1) is 5.82 Å². The highest BCUT2D eigenvalue weighted by Gasteiger charge is 2.02. The van der Waals surface area contributed by atoms with Gasteiger partial charge in [-0.05, 0) is 42.2 Å². The number of hydrogen-bond acceptors (Lipinski definition) is 2. The molecule has 0 amide bonds. The van der Waals surface area contributed by atoms with Gasteiger partial charge in [-0.2, -0.15) is 0 Å². The quantitative estimate of drug-likeness (QED) is 0.726. The van der Waals surface area contributed by atoms with Crippen molar-refractivity contribution >= 4 is 15.9 Å². The van der Waals surface area contributed by atoms with E-state index in [2.05, 4.69) is 20.9 Å². The fourth-order valence-corrected chi connectivity index (χ4v) is 1.23. The van der Waals surface area contributed by atoms with Gasteiger partial charge in [-0.25, -0.2) is 9.37 Å². The van der Waals surface area contributed by atoms with Gasteiger partial charge in [-0.15, -0.1) is 0 Å². The van der Waals surface area contributed by atoms with E-state index in [1.54, 1.807) is 6.07 Å². The van der Waals surface area contributed by atoms with Gasteiger partial charge in [0.2, 0.25) is 0 Å². The second kappa shape index (κ2) is 3.96. The minimum Gasteiger partial charge on any atom is -0.304 e. The van der Waals surface area contributed by atoms with E-state index in [4.69, 9.17) is 0 Å². The molecule has 0 atom stereocenters. The molecule has 0 aliphatic rings. The second-order valence-corrected chi connectivity index (χ2v) is 3.56. The molecule has 0 fully saturated rings. The first-order chi connectivity index (χ1) is 5.59. The van der Waals surface area contributed by atoms with Crippen LogP contribution < -0.4 is 0 Å². The lowest BCUT2D eigenvalue weighted by Crippen LogP contribution is -2.12. The van der Waals surface area contributed by atoms with E-state index >= 15 is 0 Å². The Kier molecular flexibility index (Phi) is 3.17. The van der Waals surface area contributed by atoms with Crippen LogP contribution in [0.1, 0.15) is 5.69 Å². The molecule has 1 aromatic heterocycles. The molecule has 0 aromatic carbocycles. The van der Waals surface area contributed by atoms with Crippen LogP contribution in [0.15, 0.2) is 16.7 Å². The number of rotatable bonds is 2. The first-order valence-electron chi connectivity index (χ1n) is 3.55. The van der Waals surface area contributed by atoms with Gasteiger partial charge in [-0.1, -0.05) is 0 Å². The highest BCUT2D eigenvalue weighted by Crippen LogP contribution is 2.12. The summed E-state index contributed by atoms with van der Waals surface area (Å²) in [5.41, 5.74) is 0.855. The van der Waals surface area contributed by atoms with Gasteiger partial charge in [0.25, 0.3) is 0 Å². The van der Waals surface area contributed by atoms with E-state index in [9.17, 15) is 4.39 Å². The Balaban J connectivity index is 2.82. The first kappa shape index (κ1) is 9.61. The largest absolute Gasteiger partial charge is 0.304 e. The lowest BCUT2D eigenvalue weighted by Gasteiger charge is -2.08. The number of pyridine rings is 1. The molecule has 0 radical (unpaired) electrons. The van der Waals surface area contributed by atoms with Crippen molar-refractivity contribution < 1.29 is 4.39 Å². The SMILES string of the molecule is CN(C)Cc1ccc(F)c(Br)n1. The summed E-state index contributed by atoms with van der Waals surface area (Å²) in [5.74, 6) is -0.322. The molecule has 1 rings (SSSR count). The predicted molar refractivity (Wildman–Crippen MR) is 49.3 cm³/mol. The zero-order valence-corrected chi connectivity index (χ0v) is 8.60. The van der Waals surface area contributed by atoms with Crippen molar-refractivity contribution in [1.82, 2.24) is 9.88 Å². The second-order valence-electron chi connectivity index (χ2n) is 2.81. The van der Waals surface area contributed by atoms with Crippen LogP contribution in [0.3, 0.4) is 0 Å². The van der Waals surface area contributed by atoms with Crippen molar-refractivity contribution in [2.45, 2.75) is 6.54 Å². The highest BCUT2D eigenvalue weighted by molar-refractivity contribution is 9.10. The van der Waals surface area contributed by atoms with Crippen molar-refractivity contribution in [3.8, 4) is 0 Å². The van der Waals surface area contributed by atoms with Gasteiger partial charge in [-0.3, -0.25) is 0 Å². The Hall–Kier alpha value is -0.480. The molecule has 1 aromatic rings. The molecule has 0 aliphatic carbocycles. The zero-order chi connectivity index (χ0) is 9.14. The summed E-state index contributed by atoms with van der Waals surface area (Å²) in [6.07, 6.45) is 0. The van der Waals surface area contributed by atoms with Gasteiger partial charge < -0.3 is 4.90 Å². The highest BCUT2D eigenvalue weighted by atomic mass is 79.9. The van der Waals surface area contributed by atoms with E-state index < -0.39 is 0 Å². The third-order valence-corrected chi connectivity index (χ3v) is 1.90. The van der Waals surface area contributed by atoms with Crippen molar-refractivity contribution in [2.75, 3.05) is 14.1 Å². The Bertz CT molecular complexity index is 276. The van der Waals surface area contributed by atoms with Crippen molar-refractivity contribution in [3.05, 3.63) is 28.2 Å². The fourth-order valence-electron chi connectivity index (χ4n) is 0.867. The van der Waals surface area contributed by atoms with E-state index in [0.29, 0.717) is 0 Å². The number of halogens is 2. The first-order valence-corrected chi connectivity index (χ1v) is 4.34. The van der Waals surface area contributed by atoms with E-state index in [1.165, 1.54) is 6.07 Å². The monoisotopic (exact) mass is 232 g/mol. The van der Waals surface area contributed by atoms with Gasteiger partial charge in [0.05, 0.1) is 5.69 Å². The number of nitrogens with zero attached hydrogens (tertiary/aromatic N) is 2. The molecule has 0 unspecified atom stereocenters. The molecular weight excluding hydrogens is 223 g/mol. The van der Waals surface area contributed by atoms with Crippen LogP contribution in [0.2, 0.25) is 0 Å². The van der Waals surface area contributed by atoms with Gasteiger partial charge in [0, 0.05) is 6.54 Å². The molecule has 0 aliphatic heterocycles. The molecule has 0 spiro atoms. The van der Waals surface area contributed by atoms with Crippen LogP contribution >= 0.6 is 15.9 Å². The zero-order valence-electron chi connectivity index (χ0n) is 7.01. The number of aromatic nitrogens is 1. The van der Waals surface area contributed by atoms with Crippen LogP contribution in [0.4, 0.5) is 4.39 Å². The third-order valence-electron chi connectivity index (χ3n) is 1.34. The molecule has 0 saturated carbocycles. The number of hydrogen-bond donors (Lipinski definition) is 0. The summed E-state index contributed by atoms with van der Waals surface area (Å²) in [4.78, 5) is 5.99. The van der Waals surface area contributed by atoms with Gasteiger partial charge >= 0.3 is 0 Å². The Labute approximate surface area is 79.5 Å². The third kappa shape index (κ3) is 2.53. The molecule has 12 heavy (non-hydrogen) atoms. The van der Waals surface area contributed by atoms with E-state index in [1.807, 2.05) is 19.0 Å². The Morgan fingerprint density at radius 2 is 2.17 bits per heavy atom. The van der Waals surface area contributed by atoms with Crippen LogP contribution in [0.5, 0.6) is 0 Å². The Morgan fingerprint density at radius 3 is 2.67 bits per heavy atom. The summed E-state index contributed by atoms with van der Waals surface area (Å²) in [5, 5.41) is 0. The fraction of sp³-hybridized carbons (Fsp3) is 0.375. The molecule has 0 bridgehead atoms. The maximum Gasteiger partial charge on any atom is 0.155 e. The minimum absolute atomic E-state index is 0.279. The molecule has 4 heteroatoms. The average molecular weight is 233 g/mol. The summed E-state index contributed by atoms with van der Waals surface area (Å²) in [6, 6.07) is 3.09. The van der Waals surface area contributed by atoms with E-state index in [-0.39, 0.29) is 10.4 Å². The topological polar surface area (TPSA) is 16.1 Å². The smallest absolute Gasteiger partial charge is 0.155 e. The molecule has 0 N–H and O–H groups in total. The summed E-state index contributed by atoms with van der Waals surface area (Å²) in [7, 11) is 3.89. The summed E-state index contributed by atoms with van der Waals surface area (Å²) >= 11 is 3.03. The molecular formula is C8H10BrFN2. The standard InChI is InChI=1S/C8H10BrFN2/c1-12(2)5-6-3-4-7(10)8(9)11-6/h3-4H,5H2,1-2H3. The van der Waals surface area contributed by atoms with Crippen molar-refractivity contribution in [3.63, 3.8) is 0 Å². The van der Waals surface area contributed by atoms with Crippen LogP contribution in [-0.2, 0) is 6.54 Å². The maximum atomic E-state index is 12.7. The predicted octanol–water partition coefficient (Wildman–Crippen LogP) is 2.04. The average Bonchev–Trinajstić information content (AvgIpc) is 1.96. The molecule has 2 nitrogen and oxygen atoms in total. The Morgan fingerprint density at radius 1 is 1.50 bits per heavy atom. The normalized spacial score (nSPS) is 10.8. The lowest BCUT2D eigenvalue weighted by molar-refractivity contribution is 0.395. The lowest BCUT2D eigenvalue weighted by atomic mass is 10.3. The van der Waals surface area contributed by atoms with Crippen molar-refractivity contribution in [1.29, 1.82) is 0 Å². The molecule has 0 saturated heterocycles. The molecule has 1 heterocycles. The van der Waals surface area contributed by atoms with Crippen LogP contribution in [0.25, 0.3) is 0 Å². The maximum absolute atomic E-state index is 12.7. The van der Waals surface area contributed by atoms with Crippen molar-refractivity contribution in [2.24, 2.45) is 0 Å². The summed E-state index contributed by atoms with van der Waals surface area (Å²) in [6.45, 7) is 0.721. The summed E-state index contributed by atoms with van der Waals surface area (Å²) < 4.78 is 13.0.